The van der Waals surface area contributed by atoms with E-state index in [0.29, 0.717) is 0 Å². The molecule has 1 aliphatic heterocycles. The van der Waals surface area contributed by atoms with Gasteiger partial charge in [-0.05, 0) is 35.6 Å². The van der Waals surface area contributed by atoms with Gasteiger partial charge in [-0.25, -0.2) is 4.98 Å². The lowest BCUT2D eigenvalue weighted by molar-refractivity contribution is -0.164. The lowest BCUT2D eigenvalue weighted by atomic mass is 9.97. The Morgan fingerprint density at radius 2 is 1.69 bits per heavy atom. The van der Waals surface area contributed by atoms with Crippen LogP contribution in [-0.2, 0) is 22.3 Å². The number of rotatable bonds is 1. The third kappa shape index (κ3) is 3.13. The Balaban J connectivity index is 0.000000814. The highest BCUT2D eigenvalue weighted by molar-refractivity contribution is 5.80. The number of hydrogen-bond donors (Lipinski definition) is 1. The predicted octanol–water partition coefficient (Wildman–Crippen LogP) is 4.27. The summed E-state index contributed by atoms with van der Waals surface area (Å²) in [5.41, 5.74) is 5.96. The predicted molar refractivity (Wildman–Crippen MR) is 102 cm³/mol. The van der Waals surface area contributed by atoms with Crippen LogP contribution in [0.15, 0.2) is 36.7 Å². The quantitative estimate of drug-likeness (QED) is 0.711. The standard InChI is InChI=1S/C19H19N3O2.C2H6/c1-2-14(16-10-17-12-21-22-18(17)20-11-16)9-15-4-6-19(5-3-13(1)15)23-7-8-24-19;1-2/h1-2,9-12H,3-8H2,(H,20,21,22);1-2H3. The van der Waals surface area contributed by atoms with Crippen LogP contribution in [0.25, 0.3) is 22.2 Å². The summed E-state index contributed by atoms with van der Waals surface area (Å²) in [4.78, 5) is 4.45. The lowest BCUT2D eigenvalue weighted by Crippen LogP contribution is -2.30. The largest absolute Gasteiger partial charge is 0.348 e. The van der Waals surface area contributed by atoms with Crippen LogP contribution in [0.4, 0.5) is 0 Å². The van der Waals surface area contributed by atoms with E-state index in [-0.39, 0.29) is 5.79 Å². The number of benzene rings is 1. The fraction of sp³-hybridized carbons (Fsp3) is 0.429. The number of H-pyrrole nitrogens is 1. The van der Waals surface area contributed by atoms with Crippen molar-refractivity contribution >= 4 is 11.0 Å². The number of aromatic amines is 1. The maximum Gasteiger partial charge on any atom is 0.169 e. The number of ether oxygens (including phenoxy) is 2. The zero-order chi connectivity index (χ0) is 18.0. The van der Waals surface area contributed by atoms with Gasteiger partial charge in [0.15, 0.2) is 11.4 Å². The van der Waals surface area contributed by atoms with Crippen molar-refractivity contribution in [2.45, 2.75) is 45.3 Å². The van der Waals surface area contributed by atoms with E-state index in [1.165, 1.54) is 16.7 Å². The van der Waals surface area contributed by atoms with E-state index in [0.717, 1.165) is 55.5 Å². The monoisotopic (exact) mass is 351 g/mol. The first-order chi connectivity index (χ1) is 12.8. The molecule has 0 unspecified atom stereocenters. The van der Waals surface area contributed by atoms with E-state index in [2.05, 4.69) is 39.4 Å². The molecule has 0 bridgehead atoms. The first kappa shape index (κ1) is 17.2. The minimum absolute atomic E-state index is 0.351. The van der Waals surface area contributed by atoms with Crippen LogP contribution in [0.5, 0.6) is 0 Å². The number of nitrogens with one attached hydrogen (secondary N) is 1. The zero-order valence-corrected chi connectivity index (χ0v) is 15.4. The molecule has 1 aromatic carbocycles. The number of hydrogen-bond acceptors (Lipinski definition) is 4. The van der Waals surface area contributed by atoms with Gasteiger partial charge in [-0.2, -0.15) is 5.10 Å². The topological polar surface area (TPSA) is 60.0 Å². The molecular weight excluding hydrogens is 326 g/mol. The highest BCUT2D eigenvalue weighted by Crippen LogP contribution is 2.35. The molecule has 1 spiro atoms. The van der Waals surface area contributed by atoms with Crippen molar-refractivity contribution in [3.8, 4) is 11.1 Å². The summed E-state index contributed by atoms with van der Waals surface area (Å²) in [6.07, 6.45) is 7.60. The van der Waals surface area contributed by atoms with Gasteiger partial charge in [0.2, 0.25) is 0 Å². The van der Waals surface area contributed by atoms with E-state index in [4.69, 9.17) is 9.47 Å². The van der Waals surface area contributed by atoms with Crippen LogP contribution in [-0.4, -0.2) is 34.2 Å². The van der Waals surface area contributed by atoms with Crippen LogP contribution < -0.4 is 0 Å². The van der Waals surface area contributed by atoms with Crippen molar-refractivity contribution in [3.05, 3.63) is 47.8 Å². The highest BCUT2D eigenvalue weighted by Gasteiger charge is 2.37. The molecule has 0 radical (unpaired) electrons. The molecule has 1 aliphatic carbocycles. The van der Waals surface area contributed by atoms with E-state index < -0.39 is 0 Å². The molecule has 3 aromatic rings. The van der Waals surface area contributed by atoms with Gasteiger partial charge in [0.1, 0.15) is 0 Å². The van der Waals surface area contributed by atoms with Crippen molar-refractivity contribution in [2.75, 3.05) is 13.2 Å². The van der Waals surface area contributed by atoms with E-state index in [1.54, 1.807) is 0 Å². The summed E-state index contributed by atoms with van der Waals surface area (Å²) in [7, 11) is 0. The van der Waals surface area contributed by atoms with Gasteiger partial charge in [0, 0.05) is 30.0 Å². The molecule has 0 saturated carbocycles. The van der Waals surface area contributed by atoms with E-state index in [9.17, 15) is 0 Å². The summed E-state index contributed by atoms with van der Waals surface area (Å²) in [6, 6.07) is 8.87. The van der Waals surface area contributed by atoms with Gasteiger partial charge in [-0.1, -0.05) is 32.0 Å². The summed E-state index contributed by atoms with van der Waals surface area (Å²) in [5.74, 6) is -0.351. The lowest BCUT2D eigenvalue weighted by Gasteiger charge is -2.25. The first-order valence-electron chi connectivity index (χ1n) is 9.51. The number of pyridine rings is 1. The normalized spacial score (nSPS) is 18.2. The fourth-order valence-corrected chi connectivity index (χ4v) is 3.84. The molecule has 26 heavy (non-hydrogen) atoms. The summed E-state index contributed by atoms with van der Waals surface area (Å²) in [5, 5.41) is 7.98. The Kier molecular flexibility index (Phi) is 4.74. The van der Waals surface area contributed by atoms with Crippen molar-refractivity contribution in [2.24, 2.45) is 0 Å². The van der Waals surface area contributed by atoms with E-state index in [1.807, 2.05) is 26.2 Å². The Morgan fingerprint density at radius 3 is 2.50 bits per heavy atom. The van der Waals surface area contributed by atoms with Crippen LogP contribution in [0, 0.1) is 0 Å². The second-order valence-corrected chi connectivity index (χ2v) is 6.62. The SMILES string of the molecule is CC.c1cc2c(cc1-c1cnc3[nH]ncc3c1)CCC1(CC2)OCCO1. The Morgan fingerprint density at radius 1 is 0.923 bits per heavy atom. The third-order valence-corrected chi connectivity index (χ3v) is 5.19. The van der Waals surface area contributed by atoms with Gasteiger partial charge >= 0.3 is 0 Å². The molecule has 0 atom stereocenters. The summed E-state index contributed by atoms with van der Waals surface area (Å²) < 4.78 is 11.8. The number of aryl methyl sites for hydroxylation is 2. The molecule has 5 nitrogen and oxygen atoms in total. The Hall–Kier alpha value is -2.24. The van der Waals surface area contributed by atoms with Crippen LogP contribution in [0.3, 0.4) is 0 Å². The zero-order valence-electron chi connectivity index (χ0n) is 15.4. The molecule has 1 fully saturated rings. The van der Waals surface area contributed by atoms with Gasteiger partial charge in [0.25, 0.3) is 0 Å². The van der Waals surface area contributed by atoms with Crippen LogP contribution in [0.1, 0.15) is 37.8 Å². The Labute approximate surface area is 153 Å². The van der Waals surface area contributed by atoms with Crippen molar-refractivity contribution < 1.29 is 9.47 Å². The van der Waals surface area contributed by atoms with Crippen LogP contribution in [0.2, 0.25) is 0 Å². The number of nitrogens with zero attached hydrogens (tertiary/aromatic N) is 2. The molecule has 5 rings (SSSR count). The van der Waals surface area contributed by atoms with Crippen molar-refractivity contribution in [3.63, 3.8) is 0 Å². The number of fused-ring (bicyclic) bond motifs is 2. The van der Waals surface area contributed by atoms with Gasteiger partial charge in [-0.3, -0.25) is 5.10 Å². The van der Waals surface area contributed by atoms with Gasteiger partial charge < -0.3 is 9.47 Å². The first-order valence-corrected chi connectivity index (χ1v) is 9.51. The molecule has 5 heteroatoms. The molecule has 2 aliphatic rings. The second-order valence-electron chi connectivity index (χ2n) is 6.62. The van der Waals surface area contributed by atoms with Crippen LogP contribution >= 0.6 is 0 Å². The smallest absolute Gasteiger partial charge is 0.169 e. The molecule has 1 saturated heterocycles. The molecular formula is C21H25N3O2. The van der Waals surface area contributed by atoms with Crippen molar-refractivity contribution in [1.82, 2.24) is 15.2 Å². The molecule has 2 aromatic heterocycles. The minimum atomic E-state index is -0.351. The number of aromatic nitrogens is 3. The highest BCUT2D eigenvalue weighted by atomic mass is 16.7. The average molecular weight is 351 g/mol. The fourth-order valence-electron chi connectivity index (χ4n) is 3.84. The van der Waals surface area contributed by atoms with Gasteiger partial charge in [0.05, 0.1) is 19.4 Å². The molecule has 3 heterocycles. The summed E-state index contributed by atoms with van der Waals surface area (Å²) >= 11 is 0. The maximum absolute atomic E-state index is 5.90. The van der Waals surface area contributed by atoms with Crippen molar-refractivity contribution in [1.29, 1.82) is 0 Å². The average Bonchev–Trinajstić information content (AvgIpc) is 3.31. The molecule has 1 N–H and O–H groups in total. The Bertz CT molecular complexity index is 897. The minimum Gasteiger partial charge on any atom is -0.348 e. The summed E-state index contributed by atoms with van der Waals surface area (Å²) in [6.45, 7) is 5.44. The second kappa shape index (κ2) is 7.17. The molecule has 0 amide bonds. The maximum atomic E-state index is 5.90. The van der Waals surface area contributed by atoms with E-state index >= 15 is 0 Å². The molecule has 136 valence electrons. The van der Waals surface area contributed by atoms with Gasteiger partial charge in [-0.15, -0.1) is 0 Å². The third-order valence-electron chi connectivity index (χ3n) is 5.19.